The summed E-state index contributed by atoms with van der Waals surface area (Å²) in [4.78, 5) is 10.5. The van der Waals surface area contributed by atoms with Gasteiger partial charge in [0, 0.05) is 11.6 Å². The summed E-state index contributed by atoms with van der Waals surface area (Å²) in [7, 11) is 1.47. The zero-order chi connectivity index (χ0) is 12.5. The van der Waals surface area contributed by atoms with E-state index in [9.17, 15) is 10.1 Å². The highest BCUT2D eigenvalue weighted by Crippen LogP contribution is 2.38. The van der Waals surface area contributed by atoms with E-state index in [1.807, 2.05) is 33.8 Å². The van der Waals surface area contributed by atoms with Crippen molar-refractivity contribution in [3.05, 3.63) is 33.4 Å². The SMILES string of the molecule is COc1c([N+](=O)[O-])cc(C)cc1C(C)(C)C. The molecule has 0 aliphatic heterocycles. The van der Waals surface area contributed by atoms with E-state index >= 15 is 0 Å². The van der Waals surface area contributed by atoms with Gasteiger partial charge in [-0.25, -0.2) is 0 Å². The number of aryl methyl sites for hydroxylation is 1. The summed E-state index contributed by atoms with van der Waals surface area (Å²) in [6.07, 6.45) is 0. The fraction of sp³-hybridized carbons (Fsp3) is 0.500. The molecule has 0 bridgehead atoms. The zero-order valence-corrected chi connectivity index (χ0v) is 10.3. The van der Waals surface area contributed by atoms with Crippen LogP contribution in [-0.4, -0.2) is 12.0 Å². The van der Waals surface area contributed by atoms with Crippen molar-refractivity contribution in [2.75, 3.05) is 7.11 Å². The Hall–Kier alpha value is -1.58. The Bertz CT molecular complexity index is 419. The fourth-order valence-corrected chi connectivity index (χ4v) is 1.66. The van der Waals surface area contributed by atoms with Crippen LogP contribution in [0.1, 0.15) is 31.9 Å². The monoisotopic (exact) mass is 223 g/mol. The molecule has 0 aliphatic rings. The maximum atomic E-state index is 10.9. The van der Waals surface area contributed by atoms with Gasteiger partial charge in [0.15, 0.2) is 0 Å². The minimum absolute atomic E-state index is 0.0347. The van der Waals surface area contributed by atoms with Crippen molar-refractivity contribution in [1.29, 1.82) is 0 Å². The summed E-state index contributed by atoms with van der Waals surface area (Å²) >= 11 is 0. The lowest BCUT2D eigenvalue weighted by molar-refractivity contribution is -0.385. The van der Waals surface area contributed by atoms with Crippen molar-refractivity contribution in [1.82, 2.24) is 0 Å². The summed E-state index contributed by atoms with van der Waals surface area (Å²) < 4.78 is 5.18. The first-order valence-corrected chi connectivity index (χ1v) is 5.11. The number of benzene rings is 1. The molecule has 4 nitrogen and oxygen atoms in total. The quantitative estimate of drug-likeness (QED) is 0.571. The maximum Gasteiger partial charge on any atom is 0.311 e. The Morgan fingerprint density at radius 1 is 1.31 bits per heavy atom. The van der Waals surface area contributed by atoms with Gasteiger partial charge in [-0.3, -0.25) is 10.1 Å². The van der Waals surface area contributed by atoms with Gasteiger partial charge in [0.2, 0.25) is 5.75 Å². The van der Waals surface area contributed by atoms with Crippen LogP contribution in [0.5, 0.6) is 5.75 Å². The first-order valence-electron chi connectivity index (χ1n) is 5.11. The molecule has 0 heterocycles. The molecule has 16 heavy (non-hydrogen) atoms. The molecule has 0 spiro atoms. The van der Waals surface area contributed by atoms with Gasteiger partial charge < -0.3 is 4.74 Å². The van der Waals surface area contributed by atoms with Crippen molar-refractivity contribution < 1.29 is 9.66 Å². The van der Waals surface area contributed by atoms with E-state index in [1.165, 1.54) is 13.2 Å². The molecular formula is C12H17NO3. The number of hydrogen-bond acceptors (Lipinski definition) is 3. The second-order valence-electron chi connectivity index (χ2n) is 4.87. The highest BCUT2D eigenvalue weighted by Gasteiger charge is 2.26. The van der Waals surface area contributed by atoms with Gasteiger partial charge >= 0.3 is 5.69 Å². The molecule has 0 saturated heterocycles. The number of methoxy groups -OCH3 is 1. The van der Waals surface area contributed by atoms with E-state index in [0.29, 0.717) is 5.75 Å². The summed E-state index contributed by atoms with van der Waals surface area (Å²) in [6.45, 7) is 7.87. The van der Waals surface area contributed by atoms with Crippen LogP contribution in [0.15, 0.2) is 12.1 Å². The third-order valence-electron chi connectivity index (χ3n) is 2.42. The first-order chi connectivity index (χ1) is 7.27. The predicted molar refractivity (Wildman–Crippen MR) is 63.1 cm³/mol. The van der Waals surface area contributed by atoms with Crippen molar-refractivity contribution in [3.8, 4) is 5.75 Å². The highest BCUT2D eigenvalue weighted by molar-refractivity contribution is 5.56. The van der Waals surface area contributed by atoms with Gasteiger partial charge in [0.05, 0.1) is 12.0 Å². The predicted octanol–water partition coefficient (Wildman–Crippen LogP) is 3.21. The highest BCUT2D eigenvalue weighted by atomic mass is 16.6. The van der Waals surface area contributed by atoms with E-state index < -0.39 is 4.92 Å². The van der Waals surface area contributed by atoms with Gasteiger partial charge in [0.25, 0.3) is 0 Å². The Morgan fingerprint density at radius 3 is 2.25 bits per heavy atom. The molecule has 0 unspecified atom stereocenters. The number of nitro benzene ring substituents is 1. The van der Waals surface area contributed by atoms with Crippen molar-refractivity contribution in [2.24, 2.45) is 0 Å². The van der Waals surface area contributed by atoms with E-state index in [1.54, 1.807) is 0 Å². The Balaban J connectivity index is 3.55. The number of nitrogens with zero attached hydrogens (tertiary/aromatic N) is 1. The van der Waals surface area contributed by atoms with Gasteiger partial charge in [-0.2, -0.15) is 0 Å². The van der Waals surface area contributed by atoms with Crippen LogP contribution in [0.3, 0.4) is 0 Å². The normalized spacial score (nSPS) is 11.3. The minimum atomic E-state index is -0.402. The largest absolute Gasteiger partial charge is 0.490 e. The average molecular weight is 223 g/mol. The first kappa shape index (κ1) is 12.5. The number of nitro groups is 1. The van der Waals surface area contributed by atoms with E-state index in [-0.39, 0.29) is 11.1 Å². The maximum absolute atomic E-state index is 10.9. The Kier molecular flexibility index (Phi) is 3.21. The molecule has 0 radical (unpaired) electrons. The lowest BCUT2D eigenvalue weighted by Crippen LogP contribution is -2.14. The zero-order valence-electron chi connectivity index (χ0n) is 10.3. The molecule has 0 saturated carbocycles. The third kappa shape index (κ3) is 2.32. The molecule has 0 N–H and O–H groups in total. The molecule has 4 heteroatoms. The molecule has 88 valence electrons. The van der Waals surface area contributed by atoms with Gasteiger partial charge in [-0.15, -0.1) is 0 Å². The van der Waals surface area contributed by atoms with E-state index in [2.05, 4.69) is 0 Å². The topological polar surface area (TPSA) is 52.4 Å². The van der Waals surface area contributed by atoms with Crippen LogP contribution in [0.2, 0.25) is 0 Å². The summed E-state index contributed by atoms with van der Waals surface area (Å²) in [5, 5.41) is 10.9. The van der Waals surface area contributed by atoms with Gasteiger partial charge in [-0.05, 0) is 17.9 Å². The van der Waals surface area contributed by atoms with Crippen LogP contribution >= 0.6 is 0 Å². The molecule has 1 aromatic rings. The van der Waals surface area contributed by atoms with Crippen LogP contribution < -0.4 is 4.74 Å². The Labute approximate surface area is 95.4 Å². The van der Waals surface area contributed by atoms with Crippen molar-refractivity contribution >= 4 is 5.69 Å². The standard InChI is InChI=1S/C12H17NO3/c1-8-6-9(12(2,3)4)11(16-5)10(7-8)13(14)15/h6-7H,1-5H3. The molecular weight excluding hydrogens is 206 g/mol. The molecule has 0 amide bonds. The summed E-state index contributed by atoms with van der Waals surface area (Å²) in [5.41, 5.74) is 1.59. The van der Waals surface area contributed by atoms with Crippen LogP contribution in [0.25, 0.3) is 0 Å². The van der Waals surface area contributed by atoms with Crippen molar-refractivity contribution in [2.45, 2.75) is 33.1 Å². The lowest BCUT2D eigenvalue weighted by Gasteiger charge is -2.22. The smallest absolute Gasteiger partial charge is 0.311 e. The van der Waals surface area contributed by atoms with Crippen LogP contribution in [0.4, 0.5) is 5.69 Å². The Morgan fingerprint density at radius 2 is 1.88 bits per heavy atom. The third-order valence-corrected chi connectivity index (χ3v) is 2.42. The van der Waals surface area contributed by atoms with Crippen molar-refractivity contribution in [3.63, 3.8) is 0 Å². The molecule has 0 aliphatic carbocycles. The molecule has 1 rings (SSSR count). The second-order valence-corrected chi connectivity index (χ2v) is 4.87. The second kappa shape index (κ2) is 4.12. The molecule has 0 fully saturated rings. The number of rotatable bonds is 2. The average Bonchev–Trinajstić information content (AvgIpc) is 2.14. The van der Waals surface area contributed by atoms with E-state index in [4.69, 9.17) is 4.74 Å². The van der Waals surface area contributed by atoms with Gasteiger partial charge in [-0.1, -0.05) is 26.8 Å². The number of ether oxygens (including phenoxy) is 1. The lowest BCUT2D eigenvalue weighted by atomic mass is 9.85. The van der Waals surface area contributed by atoms with Crippen LogP contribution in [-0.2, 0) is 5.41 Å². The summed E-state index contributed by atoms with van der Waals surface area (Å²) in [6, 6.07) is 3.47. The fourth-order valence-electron chi connectivity index (χ4n) is 1.66. The summed E-state index contributed by atoms with van der Waals surface area (Å²) in [5.74, 6) is 0.364. The molecule has 1 aromatic carbocycles. The molecule has 0 atom stereocenters. The van der Waals surface area contributed by atoms with Crippen LogP contribution in [0, 0.1) is 17.0 Å². The minimum Gasteiger partial charge on any atom is -0.490 e. The van der Waals surface area contributed by atoms with Gasteiger partial charge in [0.1, 0.15) is 0 Å². The molecule has 0 aromatic heterocycles. The van der Waals surface area contributed by atoms with E-state index in [0.717, 1.165) is 11.1 Å². The number of hydrogen-bond donors (Lipinski definition) is 0.